The van der Waals surface area contributed by atoms with Crippen LogP contribution in [0.15, 0.2) is 63.3 Å². The maximum atomic E-state index is 12.8. The smallest absolute Gasteiger partial charge is 0.338 e. The molecule has 0 saturated carbocycles. The van der Waals surface area contributed by atoms with Gasteiger partial charge in [-0.15, -0.1) is 11.3 Å². The van der Waals surface area contributed by atoms with E-state index in [1.54, 1.807) is 0 Å². The monoisotopic (exact) mass is 565 g/mol. The van der Waals surface area contributed by atoms with Gasteiger partial charge in [0.1, 0.15) is 0 Å². The maximum absolute atomic E-state index is 12.8. The number of benzene rings is 2. The third-order valence-electron chi connectivity index (χ3n) is 4.88. The molecule has 0 atom stereocenters. The molecule has 0 unspecified atom stereocenters. The Bertz CT molecular complexity index is 1310. The molecule has 1 aliphatic heterocycles. The number of carbonyl (C=O) groups excluding carboxylic acids is 2. The normalized spacial score (nSPS) is 14.5. The fourth-order valence-electron chi connectivity index (χ4n) is 3.20. The van der Waals surface area contributed by atoms with Crippen LogP contribution in [0.2, 0.25) is 0 Å². The number of amides is 1. The zero-order chi connectivity index (χ0) is 24.1. The molecule has 178 valence electrons. The van der Waals surface area contributed by atoms with Crippen molar-refractivity contribution in [2.75, 3.05) is 38.2 Å². The second-order valence-electron chi connectivity index (χ2n) is 7.22. The van der Waals surface area contributed by atoms with Gasteiger partial charge in [-0.25, -0.2) is 18.2 Å². The molecule has 0 radical (unpaired) electrons. The Hall–Kier alpha value is -2.64. The van der Waals surface area contributed by atoms with Crippen LogP contribution in [0.5, 0.6) is 0 Å². The van der Waals surface area contributed by atoms with E-state index in [1.165, 1.54) is 39.9 Å². The topological polar surface area (TPSA) is 115 Å². The number of anilines is 1. The number of carbonyl (C=O) groups is 2. The number of nitrogens with one attached hydrogen (secondary N) is 1. The first-order valence-corrected chi connectivity index (χ1v) is 13.3. The molecule has 1 N–H and O–H groups in total. The first-order valence-electron chi connectivity index (χ1n) is 10.2. The number of morpholine rings is 1. The zero-order valence-electron chi connectivity index (χ0n) is 17.8. The number of hydrogen-bond acceptors (Lipinski definition) is 8. The summed E-state index contributed by atoms with van der Waals surface area (Å²) in [6, 6.07) is 13.2. The molecule has 0 aliphatic carbocycles. The summed E-state index contributed by atoms with van der Waals surface area (Å²) in [6.07, 6.45) is 0. The fraction of sp³-hybridized carbons (Fsp3) is 0.227. The number of nitrogens with zero attached hydrogens (tertiary/aromatic N) is 2. The van der Waals surface area contributed by atoms with Gasteiger partial charge >= 0.3 is 5.97 Å². The van der Waals surface area contributed by atoms with E-state index in [0.717, 1.165) is 10.0 Å². The van der Waals surface area contributed by atoms with Crippen molar-refractivity contribution < 1.29 is 27.5 Å². The number of halogens is 1. The minimum atomic E-state index is -3.76. The minimum Gasteiger partial charge on any atom is -0.452 e. The van der Waals surface area contributed by atoms with Crippen molar-refractivity contribution in [1.82, 2.24) is 9.29 Å². The largest absolute Gasteiger partial charge is 0.452 e. The van der Waals surface area contributed by atoms with Crippen LogP contribution in [0.25, 0.3) is 11.3 Å². The van der Waals surface area contributed by atoms with E-state index in [1.807, 2.05) is 29.6 Å². The van der Waals surface area contributed by atoms with Gasteiger partial charge in [0.25, 0.3) is 5.91 Å². The third-order valence-corrected chi connectivity index (χ3v) is 8.03. The molecule has 1 amide bonds. The molecule has 0 bridgehead atoms. The Kier molecular flexibility index (Phi) is 7.73. The highest BCUT2D eigenvalue weighted by Crippen LogP contribution is 2.27. The Labute approximate surface area is 208 Å². The molecular formula is C22H20BrN3O6S2. The molecular weight excluding hydrogens is 546 g/mol. The Morgan fingerprint density at radius 2 is 1.91 bits per heavy atom. The molecule has 12 heteroatoms. The van der Waals surface area contributed by atoms with Crippen LogP contribution < -0.4 is 5.32 Å². The van der Waals surface area contributed by atoms with E-state index in [4.69, 9.17) is 9.47 Å². The fourth-order valence-corrected chi connectivity index (χ4v) is 5.79. The van der Waals surface area contributed by atoms with E-state index < -0.39 is 28.5 Å². The SMILES string of the molecule is O=C(COC(=O)c1cccc(S(=O)(=O)N2CCOCC2)c1)Nc1nc(-c2cccc(Br)c2)cs1. The maximum Gasteiger partial charge on any atom is 0.338 e. The lowest BCUT2D eigenvalue weighted by Gasteiger charge is -2.26. The number of aromatic nitrogens is 1. The highest BCUT2D eigenvalue weighted by atomic mass is 79.9. The Morgan fingerprint density at radius 3 is 2.68 bits per heavy atom. The van der Waals surface area contributed by atoms with Crippen molar-refractivity contribution in [2.24, 2.45) is 0 Å². The van der Waals surface area contributed by atoms with Gasteiger partial charge in [0.05, 0.1) is 29.4 Å². The van der Waals surface area contributed by atoms with Gasteiger partial charge in [0.2, 0.25) is 10.0 Å². The third kappa shape index (κ3) is 5.88. The van der Waals surface area contributed by atoms with Crippen molar-refractivity contribution in [3.8, 4) is 11.3 Å². The molecule has 34 heavy (non-hydrogen) atoms. The van der Waals surface area contributed by atoms with Gasteiger partial charge in [-0.05, 0) is 30.3 Å². The molecule has 0 spiro atoms. The van der Waals surface area contributed by atoms with Gasteiger partial charge in [0.15, 0.2) is 11.7 Å². The zero-order valence-corrected chi connectivity index (χ0v) is 21.0. The van der Waals surface area contributed by atoms with Crippen molar-refractivity contribution in [3.63, 3.8) is 0 Å². The predicted molar refractivity (Wildman–Crippen MR) is 130 cm³/mol. The molecule has 1 aromatic heterocycles. The van der Waals surface area contributed by atoms with Crippen LogP contribution in [0.3, 0.4) is 0 Å². The molecule has 3 aromatic rings. The van der Waals surface area contributed by atoms with Crippen LogP contribution in [-0.2, 0) is 24.3 Å². The summed E-state index contributed by atoms with van der Waals surface area (Å²) < 4.78 is 38.1. The van der Waals surface area contributed by atoms with Gasteiger partial charge < -0.3 is 9.47 Å². The lowest BCUT2D eigenvalue weighted by Crippen LogP contribution is -2.40. The van der Waals surface area contributed by atoms with E-state index >= 15 is 0 Å². The van der Waals surface area contributed by atoms with Crippen molar-refractivity contribution in [3.05, 3.63) is 63.9 Å². The molecule has 2 heterocycles. The number of thiazole rings is 1. The number of esters is 1. The second-order valence-corrected chi connectivity index (χ2v) is 10.9. The molecule has 4 rings (SSSR count). The summed E-state index contributed by atoms with van der Waals surface area (Å²) >= 11 is 4.66. The van der Waals surface area contributed by atoms with Crippen LogP contribution in [0.4, 0.5) is 5.13 Å². The van der Waals surface area contributed by atoms with Crippen LogP contribution in [0.1, 0.15) is 10.4 Å². The summed E-state index contributed by atoms with van der Waals surface area (Å²) in [5.74, 6) is -1.36. The summed E-state index contributed by atoms with van der Waals surface area (Å²) in [5, 5.41) is 4.78. The number of rotatable bonds is 7. The summed E-state index contributed by atoms with van der Waals surface area (Å²) in [5.41, 5.74) is 1.63. The van der Waals surface area contributed by atoms with Crippen LogP contribution in [-0.4, -0.2) is 62.5 Å². The van der Waals surface area contributed by atoms with Crippen LogP contribution in [0, 0.1) is 0 Å². The molecule has 9 nitrogen and oxygen atoms in total. The van der Waals surface area contributed by atoms with Gasteiger partial charge in [-0.3, -0.25) is 10.1 Å². The average Bonchev–Trinajstić information content (AvgIpc) is 3.31. The highest BCUT2D eigenvalue weighted by Gasteiger charge is 2.27. The lowest BCUT2D eigenvalue weighted by atomic mass is 10.2. The second kappa shape index (κ2) is 10.7. The van der Waals surface area contributed by atoms with E-state index in [9.17, 15) is 18.0 Å². The molecule has 1 aliphatic rings. The van der Waals surface area contributed by atoms with E-state index in [0.29, 0.717) is 24.0 Å². The lowest BCUT2D eigenvalue weighted by molar-refractivity contribution is -0.119. The predicted octanol–water partition coefficient (Wildman–Crippen LogP) is 3.39. The van der Waals surface area contributed by atoms with Crippen LogP contribution >= 0.6 is 27.3 Å². The number of hydrogen-bond donors (Lipinski definition) is 1. The van der Waals surface area contributed by atoms with Crippen molar-refractivity contribution in [2.45, 2.75) is 4.90 Å². The first kappa shape index (κ1) is 24.5. The average molecular weight is 566 g/mol. The Morgan fingerprint density at radius 1 is 1.15 bits per heavy atom. The van der Waals surface area contributed by atoms with Crippen molar-refractivity contribution in [1.29, 1.82) is 0 Å². The number of sulfonamides is 1. The van der Waals surface area contributed by atoms with E-state index in [2.05, 4.69) is 26.2 Å². The van der Waals surface area contributed by atoms with Crippen molar-refractivity contribution >= 4 is 54.3 Å². The summed E-state index contributed by atoms with van der Waals surface area (Å²) in [4.78, 5) is 29.0. The summed E-state index contributed by atoms with van der Waals surface area (Å²) in [6.45, 7) is 0.596. The standard InChI is InChI=1S/C22H20BrN3O6S2/c23-17-5-1-3-15(11-17)19-14-33-22(24-19)25-20(27)13-32-21(28)16-4-2-6-18(12-16)34(29,30)26-7-9-31-10-8-26/h1-6,11-12,14H,7-10,13H2,(H,24,25,27). The number of ether oxygens (including phenoxy) is 2. The summed E-state index contributed by atoms with van der Waals surface area (Å²) in [7, 11) is -3.76. The Balaban J connectivity index is 1.35. The highest BCUT2D eigenvalue weighted by molar-refractivity contribution is 9.10. The first-order chi connectivity index (χ1) is 16.3. The molecule has 2 aromatic carbocycles. The van der Waals surface area contributed by atoms with Gasteiger partial charge in [0, 0.05) is 28.5 Å². The molecule has 1 fully saturated rings. The minimum absolute atomic E-state index is 0.0174. The molecule has 1 saturated heterocycles. The van der Waals surface area contributed by atoms with Gasteiger partial charge in [-0.1, -0.05) is 34.1 Å². The van der Waals surface area contributed by atoms with E-state index in [-0.39, 0.29) is 23.5 Å². The van der Waals surface area contributed by atoms with Gasteiger partial charge in [-0.2, -0.15) is 4.31 Å². The quantitative estimate of drug-likeness (QED) is 0.436.